The first-order chi connectivity index (χ1) is 15.7. The lowest BCUT2D eigenvalue weighted by Gasteiger charge is -2.61. The summed E-state index contributed by atoms with van der Waals surface area (Å²) in [6.45, 7) is 0.212. The molecule has 0 saturated heterocycles. The second-order valence-corrected chi connectivity index (χ2v) is 11.4. The summed E-state index contributed by atoms with van der Waals surface area (Å²) < 4.78 is 47.3. The Hall–Kier alpha value is -1.01. The Kier molecular flexibility index (Phi) is 7.55. The van der Waals surface area contributed by atoms with Crippen LogP contribution in [0, 0.1) is 28.6 Å². The van der Waals surface area contributed by atoms with Crippen LogP contribution in [0.4, 0.5) is 8.78 Å². The minimum atomic E-state index is -4.04. The number of methoxy groups -OCH3 is 1. The van der Waals surface area contributed by atoms with Gasteiger partial charge in [-0.1, -0.05) is 0 Å². The van der Waals surface area contributed by atoms with Crippen LogP contribution >= 0.6 is 12.0 Å². The fourth-order valence-corrected chi connectivity index (χ4v) is 7.50. The van der Waals surface area contributed by atoms with Gasteiger partial charge in [-0.15, -0.1) is 0 Å². The molecule has 33 heavy (non-hydrogen) atoms. The third kappa shape index (κ3) is 5.63. The number of carbonyl (C=O) groups is 2. The number of ether oxygens (including phenoxy) is 3. The number of esters is 2. The fourth-order valence-electron chi connectivity index (χ4n) is 7.26. The minimum Gasteiger partial charge on any atom is -0.691 e. The van der Waals surface area contributed by atoms with Gasteiger partial charge in [-0.05, 0) is 76.0 Å². The zero-order valence-electron chi connectivity index (χ0n) is 18.7. The SMILES string of the molecule is COC1CCC(C(=O)OCC23CC4CC(C2)CC(COC(=O)C(F)(F)SOO[O-])(C4)C3)CC1. The number of rotatable bonds is 10. The maximum atomic E-state index is 13.8. The third-order valence-corrected chi connectivity index (χ3v) is 8.58. The van der Waals surface area contributed by atoms with Crippen LogP contribution in [0.2, 0.25) is 0 Å². The molecule has 0 aromatic heterocycles. The smallest absolute Gasteiger partial charge is 0.415 e. The maximum absolute atomic E-state index is 13.8. The molecule has 5 rings (SSSR count). The molecular formula is C22H31F2O8S-. The molecule has 0 aliphatic heterocycles. The summed E-state index contributed by atoms with van der Waals surface area (Å²) in [6, 6.07) is 0. The van der Waals surface area contributed by atoms with Gasteiger partial charge in [0.15, 0.2) is 0 Å². The number of alkyl halides is 2. The van der Waals surface area contributed by atoms with Crippen LogP contribution in [0.5, 0.6) is 0 Å². The average Bonchev–Trinajstić information content (AvgIpc) is 2.79. The number of hydrogen-bond acceptors (Lipinski definition) is 9. The molecule has 5 saturated carbocycles. The van der Waals surface area contributed by atoms with Crippen molar-refractivity contribution in [3.8, 4) is 0 Å². The minimum absolute atomic E-state index is 0.0970. The van der Waals surface area contributed by atoms with E-state index >= 15 is 0 Å². The Morgan fingerprint density at radius 3 is 2.12 bits per heavy atom. The van der Waals surface area contributed by atoms with Crippen LogP contribution < -0.4 is 5.26 Å². The summed E-state index contributed by atoms with van der Waals surface area (Å²) in [5, 5.41) is 8.65. The summed E-state index contributed by atoms with van der Waals surface area (Å²) in [5.74, 6) is -1.19. The lowest BCUT2D eigenvalue weighted by Crippen LogP contribution is -2.55. The highest BCUT2D eigenvalue weighted by atomic mass is 32.2. The molecule has 0 amide bonds. The van der Waals surface area contributed by atoms with E-state index in [4.69, 9.17) is 14.2 Å². The van der Waals surface area contributed by atoms with Gasteiger partial charge >= 0.3 is 17.2 Å². The molecule has 4 bridgehead atoms. The van der Waals surface area contributed by atoms with E-state index in [0.29, 0.717) is 24.9 Å². The summed E-state index contributed by atoms with van der Waals surface area (Å²) >= 11 is -0.679. The molecule has 0 heterocycles. The van der Waals surface area contributed by atoms with Crippen molar-refractivity contribution < 1.29 is 47.2 Å². The lowest BCUT2D eigenvalue weighted by molar-refractivity contribution is -0.777. The van der Waals surface area contributed by atoms with Gasteiger partial charge in [0.25, 0.3) is 0 Å². The Morgan fingerprint density at radius 1 is 1.00 bits per heavy atom. The second-order valence-electron chi connectivity index (χ2n) is 10.6. The Balaban J connectivity index is 1.34. The molecule has 188 valence electrons. The predicted octanol–water partition coefficient (Wildman–Crippen LogP) is 3.33. The van der Waals surface area contributed by atoms with Gasteiger partial charge in [-0.25, -0.2) is 4.79 Å². The van der Waals surface area contributed by atoms with Crippen molar-refractivity contribution >= 4 is 24.0 Å². The zero-order chi connectivity index (χ0) is 23.7. The van der Waals surface area contributed by atoms with Gasteiger partial charge < -0.3 is 19.5 Å². The number of carbonyl (C=O) groups excluding carboxylic acids is 2. The van der Waals surface area contributed by atoms with Gasteiger partial charge in [0.2, 0.25) is 0 Å². The number of hydrogen-bond donors (Lipinski definition) is 0. The molecule has 5 aliphatic carbocycles. The van der Waals surface area contributed by atoms with Gasteiger partial charge in [0.05, 0.1) is 25.2 Å². The van der Waals surface area contributed by atoms with E-state index in [1.807, 2.05) is 0 Å². The molecule has 0 N–H and O–H groups in total. The third-order valence-electron chi connectivity index (χ3n) is 8.08. The summed E-state index contributed by atoms with van der Waals surface area (Å²) in [5.41, 5.74) is -0.577. The van der Waals surface area contributed by atoms with Crippen LogP contribution in [-0.4, -0.2) is 43.6 Å². The first kappa shape index (κ1) is 25.1. The number of halogens is 2. The molecule has 5 aliphatic rings. The van der Waals surface area contributed by atoms with Crippen molar-refractivity contribution in [1.29, 1.82) is 0 Å². The van der Waals surface area contributed by atoms with Gasteiger partial charge in [0, 0.05) is 17.9 Å². The van der Waals surface area contributed by atoms with Crippen LogP contribution in [-0.2, 0) is 33.2 Å². The second kappa shape index (κ2) is 9.93. The molecular weight excluding hydrogens is 462 g/mol. The van der Waals surface area contributed by atoms with Gasteiger partial charge in [0.1, 0.15) is 12.0 Å². The van der Waals surface area contributed by atoms with Crippen LogP contribution in [0.1, 0.15) is 64.2 Å². The molecule has 0 aromatic rings. The van der Waals surface area contributed by atoms with E-state index in [1.54, 1.807) is 7.11 Å². The highest BCUT2D eigenvalue weighted by molar-refractivity contribution is 7.96. The van der Waals surface area contributed by atoms with Crippen molar-refractivity contribution in [2.75, 3.05) is 20.3 Å². The lowest BCUT2D eigenvalue weighted by atomic mass is 9.44. The highest BCUT2D eigenvalue weighted by Gasteiger charge is 2.59. The molecule has 0 aromatic carbocycles. The summed E-state index contributed by atoms with van der Waals surface area (Å²) in [7, 11) is 1.69. The molecule has 2 unspecified atom stereocenters. The molecule has 8 nitrogen and oxygen atoms in total. The molecule has 0 radical (unpaired) electrons. The van der Waals surface area contributed by atoms with Crippen LogP contribution in [0.3, 0.4) is 0 Å². The first-order valence-corrected chi connectivity index (χ1v) is 12.3. The molecule has 2 atom stereocenters. The fraction of sp³-hybridized carbons (Fsp3) is 0.909. The summed E-state index contributed by atoms with van der Waals surface area (Å²) in [4.78, 5) is 24.6. The monoisotopic (exact) mass is 493 g/mol. The van der Waals surface area contributed by atoms with Crippen molar-refractivity contribution in [2.45, 2.75) is 75.6 Å². The molecule has 5 fully saturated rings. The standard InChI is InChI=1S/C22H32F2O8S/c1-28-17-4-2-16(3-5-17)18(25)29-12-20-7-14-6-15(8-20)10-21(9-14,11-20)13-30-19(26)22(23,24)33-32-31-27/h14-17,27H,2-13H2,1H3/p-1. The predicted molar refractivity (Wildman–Crippen MR) is 109 cm³/mol. The van der Waals surface area contributed by atoms with E-state index < -0.39 is 23.3 Å². The van der Waals surface area contributed by atoms with E-state index in [2.05, 4.69) is 9.37 Å². The first-order valence-electron chi connectivity index (χ1n) is 11.6. The van der Waals surface area contributed by atoms with Gasteiger partial charge in [-0.2, -0.15) is 13.1 Å². The van der Waals surface area contributed by atoms with E-state index in [1.165, 1.54) is 0 Å². The molecule has 11 heteroatoms. The van der Waals surface area contributed by atoms with Crippen molar-refractivity contribution in [1.82, 2.24) is 0 Å². The Morgan fingerprint density at radius 2 is 1.58 bits per heavy atom. The topological polar surface area (TPSA) is 103 Å². The summed E-state index contributed by atoms with van der Waals surface area (Å²) in [6.07, 6.45) is 8.74. The van der Waals surface area contributed by atoms with E-state index in [9.17, 15) is 23.6 Å². The van der Waals surface area contributed by atoms with Crippen molar-refractivity contribution in [3.63, 3.8) is 0 Å². The van der Waals surface area contributed by atoms with Crippen LogP contribution in [0.15, 0.2) is 0 Å². The van der Waals surface area contributed by atoms with Crippen LogP contribution in [0.25, 0.3) is 0 Å². The van der Waals surface area contributed by atoms with E-state index in [0.717, 1.165) is 57.8 Å². The normalized spacial score (nSPS) is 37.7. The van der Waals surface area contributed by atoms with Gasteiger partial charge in [-0.3, -0.25) is 9.83 Å². The quantitative estimate of drug-likeness (QED) is 0.196. The molecule has 0 spiro atoms. The largest absolute Gasteiger partial charge is 0.691 e. The Bertz CT molecular complexity index is 713. The van der Waals surface area contributed by atoms with E-state index in [-0.39, 0.29) is 35.4 Å². The maximum Gasteiger partial charge on any atom is 0.415 e. The van der Waals surface area contributed by atoms with Crippen molar-refractivity contribution in [2.24, 2.45) is 28.6 Å². The highest BCUT2D eigenvalue weighted by Crippen LogP contribution is 2.65. The van der Waals surface area contributed by atoms with Crippen molar-refractivity contribution in [3.05, 3.63) is 0 Å². The average molecular weight is 494 g/mol. The zero-order valence-corrected chi connectivity index (χ0v) is 19.5. The Labute approximate surface area is 196 Å².